The summed E-state index contributed by atoms with van der Waals surface area (Å²) in [5.41, 5.74) is 3.72. The van der Waals surface area contributed by atoms with Crippen molar-refractivity contribution in [2.75, 3.05) is 13.1 Å². The Bertz CT molecular complexity index is 1470. The van der Waals surface area contributed by atoms with Crippen LogP contribution in [0.2, 0.25) is 0 Å². The Balaban J connectivity index is 1.52. The van der Waals surface area contributed by atoms with Crippen molar-refractivity contribution >= 4 is 5.65 Å². The van der Waals surface area contributed by atoms with Gasteiger partial charge in [0.25, 0.3) is 0 Å². The number of rotatable bonds is 5. The average Bonchev–Trinajstić information content (AvgIpc) is 3.47. The van der Waals surface area contributed by atoms with Gasteiger partial charge in [-0.25, -0.2) is 14.1 Å². The summed E-state index contributed by atoms with van der Waals surface area (Å²) in [7, 11) is 0. The Kier molecular flexibility index (Phi) is 5.75. The SMILES string of the molecule is Cc1c(-c2cc(OC(C)c3cncc(F)c3)n3c(C#N)cnc3c2)nnn1C1CCN(C#N)CC1. The van der Waals surface area contributed by atoms with Gasteiger partial charge >= 0.3 is 0 Å². The lowest BCUT2D eigenvalue weighted by atomic mass is 10.0. The number of nitrogens with zero attached hydrogens (tertiary/aromatic N) is 9. The van der Waals surface area contributed by atoms with Crippen LogP contribution in [0.5, 0.6) is 5.88 Å². The number of ether oxygens (including phenoxy) is 1. The second kappa shape index (κ2) is 9.03. The molecule has 0 bridgehead atoms. The average molecular weight is 472 g/mol. The Morgan fingerprint density at radius 3 is 2.66 bits per heavy atom. The molecule has 0 amide bonds. The van der Waals surface area contributed by atoms with Crippen LogP contribution in [0.1, 0.15) is 48.9 Å². The fourth-order valence-electron chi connectivity index (χ4n) is 4.44. The Hall–Kier alpha value is -4.51. The van der Waals surface area contributed by atoms with E-state index in [2.05, 4.69) is 32.5 Å². The predicted octanol–water partition coefficient (Wildman–Crippen LogP) is 3.56. The van der Waals surface area contributed by atoms with E-state index in [4.69, 9.17) is 10.00 Å². The third kappa shape index (κ3) is 4.13. The van der Waals surface area contributed by atoms with E-state index in [1.165, 1.54) is 12.3 Å². The van der Waals surface area contributed by atoms with Crippen molar-refractivity contribution in [2.24, 2.45) is 0 Å². The van der Waals surface area contributed by atoms with Crippen molar-refractivity contribution in [1.29, 1.82) is 10.5 Å². The van der Waals surface area contributed by atoms with E-state index in [-0.39, 0.29) is 6.04 Å². The van der Waals surface area contributed by atoms with E-state index in [1.54, 1.807) is 28.5 Å². The summed E-state index contributed by atoms with van der Waals surface area (Å²) >= 11 is 0. The molecule has 1 aliphatic rings. The molecule has 0 N–H and O–H groups in total. The van der Waals surface area contributed by atoms with Gasteiger partial charge in [-0.15, -0.1) is 5.10 Å². The van der Waals surface area contributed by atoms with Gasteiger partial charge in [0, 0.05) is 36.5 Å². The molecule has 4 aromatic rings. The van der Waals surface area contributed by atoms with Crippen LogP contribution in [0.25, 0.3) is 16.9 Å². The molecular formula is C24H22FN9O. The van der Waals surface area contributed by atoms with E-state index in [9.17, 15) is 9.65 Å². The number of hydrogen-bond acceptors (Lipinski definition) is 8. The van der Waals surface area contributed by atoms with E-state index < -0.39 is 11.9 Å². The number of halogens is 1. The molecule has 11 heteroatoms. The van der Waals surface area contributed by atoms with Gasteiger partial charge in [0.05, 0.1) is 24.1 Å². The molecule has 1 saturated heterocycles. The molecule has 1 atom stereocenters. The minimum atomic E-state index is -0.535. The van der Waals surface area contributed by atoms with E-state index in [0.717, 1.165) is 30.3 Å². The van der Waals surface area contributed by atoms with Crippen molar-refractivity contribution in [3.05, 3.63) is 59.6 Å². The highest BCUT2D eigenvalue weighted by molar-refractivity contribution is 5.68. The molecule has 0 aromatic carbocycles. The van der Waals surface area contributed by atoms with Gasteiger partial charge < -0.3 is 9.64 Å². The zero-order valence-corrected chi connectivity index (χ0v) is 19.3. The fraction of sp³-hybridized carbons (Fsp3) is 0.333. The zero-order chi connectivity index (χ0) is 24.5. The molecular weight excluding hydrogens is 449 g/mol. The standard InChI is InChI=1S/C24H22FN9O/c1-15-24(30-31-34(15)20-3-5-32(14-27)6-4-20)17-8-22-29-13-21(10-26)33(22)23(9-17)35-16(2)18-7-19(25)12-28-11-18/h7-9,11-13,16,20H,3-6H2,1-2H3. The molecule has 1 aliphatic heterocycles. The van der Waals surface area contributed by atoms with Crippen LogP contribution in [0.15, 0.2) is 36.8 Å². The minimum absolute atomic E-state index is 0.164. The number of hydrogen-bond donors (Lipinski definition) is 0. The van der Waals surface area contributed by atoms with Crippen molar-refractivity contribution in [1.82, 2.24) is 34.3 Å². The lowest BCUT2D eigenvalue weighted by Crippen LogP contribution is -2.31. The third-order valence-corrected chi connectivity index (χ3v) is 6.33. The minimum Gasteiger partial charge on any atom is -0.471 e. The van der Waals surface area contributed by atoms with Crippen LogP contribution in [-0.4, -0.2) is 47.4 Å². The quantitative estimate of drug-likeness (QED) is 0.405. The first kappa shape index (κ1) is 22.3. The van der Waals surface area contributed by atoms with Gasteiger partial charge in [-0.2, -0.15) is 10.5 Å². The van der Waals surface area contributed by atoms with Crippen LogP contribution in [-0.2, 0) is 0 Å². The van der Waals surface area contributed by atoms with Crippen LogP contribution in [0.3, 0.4) is 0 Å². The largest absolute Gasteiger partial charge is 0.471 e. The molecule has 0 radical (unpaired) electrons. The molecule has 0 aliphatic carbocycles. The topological polar surface area (TPSA) is 121 Å². The zero-order valence-electron chi connectivity index (χ0n) is 19.3. The number of fused-ring (bicyclic) bond motifs is 1. The molecule has 0 saturated carbocycles. The molecule has 4 aromatic heterocycles. The van der Waals surface area contributed by atoms with Gasteiger partial charge in [0.1, 0.15) is 35.0 Å². The number of imidazole rings is 1. The number of aromatic nitrogens is 6. The second-order valence-electron chi connectivity index (χ2n) is 8.51. The maximum absolute atomic E-state index is 13.7. The molecule has 5 heterocycles. The molecule has 176 valence electrons. The molecule has 35 heavy (non-hydrogen) atoms. The normalized spacial score (nSPS) is 15.1. The monoisotopic (exact) mass is 471 g/mol. The van der Waals surface area contributed by atoms with Gasteiger partial charge in [-0.3, -0.25) is 9.38 Å². The first-order valence-electron chi connectivity index (χ1n) is 11.2. The van der Waals surface area contributed by atoms with Crippen molar-refractivity contribution in [3.8, 4) is 29.4 Å². The van der Waals surface area contributed by atoms with E-state index in [0.29, 0.717) is 41.6 Å². The number of likely N-dealkylation sites (tertiary alicyclic amines) is 1. The highest BCUT2D eigenvalue weighted by Crippen LogP contribution is 2.32. The fourth-order valence-corrected chi connectivity index (χ4v) is 4.44. The van der Waals surface area contributed by atoms with Gasteiger partial charge in [-0.1, -0.05) is 5.21 Å². The number of piperidine rings is 1. The lowest BCUT2D eigenvalue weighted by molar-refractivity contribution is 0.213. The molecule has 10 nitrogen and oxygen atoms in total. The highest BCUT2D eigenvalue weighted by atomic mass is 19.1. The van der Waals surface area contributed by atoms with Crippen LogP contribution in [0.4, 0.5) is 4.39 Å². The summed E-state index contributed by atoms with van der Waals surface area (Å²) in [6.07, 6.45) is 7.45. The smallest absolute Gasteiger partial charge is 0.201 e. The molecule has 5 rings (SSSR count). The van der Waals surface area contributed by atoms with E-state index in [1.807, 2.05) is 17.7 Å². The van der Waals surface area contributed by atoms with Crippen LogP contribution < -0.4 is 4.74 Å². The maximum atomic E-state index is 13.7. The first-order chi connectivity index (χ1) is 17.0. The van der Waals surface area contributed by atoms with Crippen molar-refractivity contribution in [2.45, 2.75) is 38.8 Å². The van der Waals surface area contributed by atoms with E-state index >= 15 is 0 Å². The Morgan fingerprint density at radius 2 is 1.94 bits per heavy atom. The highest BCUT2D eigenvalue weighted by Gasteiger charge is 2.25. The van der Waals surface area contributed by atoms with Crippen LogP contribution in [0, 0.1) is 35.5 Å². The van der Waals surface area contributed by atoms with Crippen LogP contribution >= 0.6 is 0 Å². The van der Waals surface area contributed by atoms with Gasteiger partial charge in [0.15, 0.2) is 6.19 Å². The Morgan fingerprint density at radius 1 is 1.14 bits per heavy atom. The van der Waals surface area contributed by atoms with Crippen molar-refractivity contribution < 1.29 is 9.13 Å². The third-order valence-electron chi connectivity index (χ3n) is 6.33. The summed E-state index contributed by atoms with van der Waals surface area (Å²) < 4.78 is 23.4. The lowest BCUT2D eigenvalue weighted by Gasteiger charge is -2.28. The second-order valence-corrected chi connectivity index (χ2v) is 8.51. The van der Waals surface area contributed by atoms with Gasteiger partial charge in [0.2, 0.25) is 5.88 Å². The summed E-state index contributed by atoms with van der Waals surface area (Å²) in [6, 6.07) is 7.28. The number of nitriles is 2. The summed E-state index contributed by atoms with van der Waals surface area (Å²) in [5.74, 6) is -0.0791. The summed E-state index contributed by atoms with van der Waals surface area (Å²) in [6.45, 7) is 5.13. The predicted molar refractivity (Wildman–Crippen MR) is 122 cm³/mol. The summed E-state index contributed by atoms with van der Waals surface area (Å²) in [5, 5.41) is 27.5. The molecule has 0 spiro atoms. The van der Waals surface area contributed by atoms with Gasteiger partial charge in [-0.05, 0) is 38.8 Å². The molecule has 1 fully saturated rings. The summed E-state index contributed by atoms with van der Waals surface area (Å²) in [4.78, 5) is 10.0. The first-order valence-corrected chi connectivity index (χ1v) is 11.2. The Labute approximate surface area is 200 Å². The van der Waals surface area contributed by atoms with Crippen molar-refractivity contribution in [3.63, 3.8) is 0 Å². The maximum Gasteiger partial charge on any atom is 0.201 e. The molecule has 1 unspecified atom stereocenters. The number of pyridine rings is 2.